The van der Waals surface area contributed by atoms with Crippen LogP contribution in [0.15, 0.2) is 18.2 Å². The number of benzene rings is 1. The van der Waals surface area contributed by atoms with Crippen LogP contribution in [-0.2, 0) is 11.0 Å². The van der Waals surface area contributed by atoms with Gasteiger partial charge >= 0.3 is 6.18 Å². The number of halogens is 3. The van der Waals surface area contributed by atoms with E-state index >= 15 is 0 Å². The first-order valence-electron chi connectivity index (χ1n) is 6.66. The third-order valence-electron chi connectivity index (χ3n) is 2.82. The first kappa shape index (κ1) is 17.3. The Morgan fingerprint density at radius 3 is 2.24 bits per heavy atom. The van der Waals surface area contributed by atoms with E-state index in [4.69, 9.17) is 0 Å². The van der Waals surface area contributed by atoms with Crippen molar-refractivity contribution in [3.8, 4) is 0 Å². The van der Waals surface area contributed by atoms with Crippen LogP contribution in [0.1, 0.15) is 38.8 Å². The van der Waals surface area contributed by atoms with Crippen LogP contribution in [0, 0.1) is 6.92 Å². The van der Waals surface area contributed by atoms with Crippen LogP contribution >= 0.6 is 0 Å². The van der Waals surface area contributed by atoms with Crippen molar-refractivity contribution in [3.63, 3.8) is 0 Å². The summed E-state index contributed by atoms with van der Waals surface area (Å²) in [4.78, 5) is 11.9. The second kappa shape index (κ2) is 5.95. The smallest absolute Gasteiger partial charge is 0.374 e. The molecule has 6 heteroatoms. The minimum absolute atomic E-state index is 0.153. The zero-order chi connectivity index (χ0) is 16.4. The van der Waals surface area contributed by atoms with Crippen molar-refractivity contribution >= 4 is 11.6 Å². The molecule has 0 bridgehead atoms. The molecule has 118 valence electrons. The Morgan fingerprint density at radius 2 is 1.76 bits per heavy atom. The van der Waals surface area contributed by atoms with Gasteiger partial charge in [-0.05, 0) is 52.3 Å². The molecule has 0 aliphatic carbocycles. The summed E-state index contributed by atoms with van der Waals surface area (Å²) in [5.41, 5.74) is -0.669. The fourth-order valence-corrected chi connectivity index (χ4v) is 1.81. The highest BCUT2D eigenvalue weighted by atomic mass is 19.4. The van der Waals surface area contributed by atoms with Gasteiger partial charge in [0.1, 0.15) is 6.04 Å². The van der Waals surface area contributed by atoms with Crippen LogP contribution in [-0.4, -0.2) is 17.5 Å². The fourth-order valence-electron chi connectivity index (χ4n) is 1.81. The molecular formula is C15H21F3N2O. The maximum atomic E-state index is 12.8. The number of alkyl halides is 3. The molecule has 0 saturated carbocycles. The summed E-state index contributed by atoms with van der Waals surface area (Å²) in [7, 11) is 0. The average Bonchev–Trinajstić information content (AvgIpc) is 2.27. The quantitative estimate of drug-likeness (QED) is 0.893. The lowest BCUT2D eigenvalue weighted by atomic mass is 10.1. The number of amides is 1. The van der Waals surface area contributed by atoms with Gasteiger partial charge < -0.3 is 10.6 Å². The molecule has 1 aromatic carbocycles. The molecule has 3 nitrogen and oxygen atoms in total. The molecule has 1 atom stereocenters. The Labute approximate surface area is 122 Å². The molecule has 0 radical (unpaired) electrons. The van der Waals surface area contributed by atoms with Gasteiger partial charge in [-0.3, -0.25) is 4.79 Å². The van der Waals surface area contributed by atoms with E-state index in [0.29, 0.717) is 0 Å². The molecule has 0 aliphatic heterocycles. The van der Waals surface area contributed by atoms with Crippen LogP contribution in [0.2, 0.25) is 0 Å². The van der Waals surface area contributed by atoms with Crippen LogP contribution in [0.25, 0.3) is 0 Å². The molecule has 0 saturated heterocycles. The number of hydrogen-bond acceptors (Lipinski definition) is 2. The van der Waals surface area contributed by atoms with E-state index in [1.807, 2.05) is 20.8 Å². The summed E-state index contributed by atoms with van der Waals surface area (Å²) < 4.78 is 38.5. The lowest BCUT2D eigenvalue weighted by molar-refractivity contribution is -0.138. The highest BCUT2D eigenvalue weighted by Gasteiger charge is 2.32. The highest BCUT2D eigenvalue weighted by molar-refractivity contribution is 5.84. The van der Waals surface area contributed by atoms with Crippen molar-refractivity contribution in [2.24, 2.45) is 0 Å². The number of aryl methyl sites for hydroxylation is 1. The Balaban J connectivity index is 2.87. The van der Waals surface area contributed by atoms with Crippen molar-refractivity contribution in [1.29, 1.82) is 0 Å². The lowest BCUT2D eigenvalue weighted by Crippen LogP contribution is -2.47. The van der Waals surface area contributed by atoms with Crippen LogP contribution in [0.5, 0.6) is 0 Å². The molecule has 21 heavy (non-hydrogen) atoms. The number of carbonyl (C=O) groups excluding carboxylic acids is 1. The van der Waals surface area contributed by atoms with Crippen molar-refractivity contribution < 1.29 is 18.0 Å². The first-order valence-corrected chi connectivity index (χ1v) is 6.66. The van der Waals surface area contributed by atoms with Gasteiger partial charge in [0.2, 0.25) is 5.91 Å². The first-order chi connectivity index (χ1) is 9.40. The van der Waals surface area contributed by atoms with Gasteiger partial charge in [0.05, 0.1) is 5.56 Å². The van der Waals surface area contributed by atoms with Gasteiger partial charge in [-0.2, -0.15) is 13.2 Å². The predicted octanol–water partition coefficient (Wildman–Crippen LogP) is 3.73. The normalized spacial score (nSPS) is 13.7. The summed E-state index contributed by atoms with van der Waals surface area (Å²) >= 11 is 0. The molecule has 0 spiro atoms. The number of rotatable bonds is 3. The fraction of sp³-hybridized carbons (Fsp3) is 0.533. The van der Waals surface area contributed by atoms with Crippen LogP contribution < -0.4 is 10.6 Å². The molecule has 2 N–H and O–H groups in total. The van der Waals surface area contributed by atoms with E-state index in [-0.39, 0.29) is 17.2 Å². The van der Waals surface area contributed by atoms with Crippen LogP contribution in [0.3, 0.4) is 0 Å². The summed E-state index contributed by atoms with van der Waals surface area (Å²) in [6, 6.07) is 3.31. The third-order valence-corrected chi connectivity index (χ3v) is 2.82. The second-order valence-corrected chi connectivity index (χ2v) is 6.13. The average molecular weight is 302 g/mol. The number of carbonyl (C=O) groups is 1. The van der Waals surface area contributed by atoms with Crippen molar-refractivity contribution in [2.75, 3.05) is 5.32 Å². The van der Waals surface area contributed by atoms with Gasteiger partial charge in [-0.25, -0.2) is 0 Å². The maximum absolute atomic E-state index is 12.8. The molecule has 1 aromatic rings. The minimum Gasteiger partial charge on any atom is -0.374 e. The molecule has 0 aromatic heterocycles. The number of hydrogen-bond donors (Lipinski definition) is 2. The molecule has 0 aliphatic rings. The number of anilines is 1. The molecule has 1 unspecified atom stereocenters. The topological polar surface area (TPSA) is 41.1 Å². The van der Waals surface area contributed by atoms with E-state index in [1.54, 1.807) is 6.92 Å². The summed E-state index contributed by atoms with van der Waals surface area (Å²) in [6.45, 7) is 8.53. The van der Waals surface area contributed by atoms with E-state index in [2.05, 4.69) is 10.6 Å². The van der Waals surface area contributed by atoms with Crippen LogP contribution in [0.4, 0.5) is 18.9 Å². The van der Waals surface area contributed by atoms with Gasteiger partial charge in [0.25, 0.3) is 0 Å². The standard InChI is InChI=1S/C15H21F3N2O/c1-9-6-7-11(8-12(9)15(16,17)18)19-10(2)13(21)20-14(3,4)5/h6-8,10,19H,1-5H3,(H,20,21). The Morgan fingerprint density at radius 1 is 1.19 bits per heavy atom. The van der Waals surface area contributed by atoms with Gasteiger partial charge in [-0.1, -0.05) is 6.07 Å². The van der Waals surface area contributed by atoms with E-state index < -0.39 is 23.3 Å². The molecule has 1 amide bonds. The summed E-state index contributed by atoms with van der Waals surface area (Å²) in [5, 5.41) is 5.56. The summed E-state index contributed by atoms with van der Waals surface area (Å²) in [5.74, 6) is -0.267. The monoisotopic (exact) mass is 302 g/mol. The highest BCUT2D eigenvalue weighted by Crippen LogP contribution is 2.33. The Bertz CT molecular complexity index is 519. The van der Waals surface area contributed by atoms with Gasteiger partial charge in [0.15, 0.2) is 0 Å². The van der Waals surface area contributed by atoms with E-state index in [1.165, 1.54) is 19.1 Å². The van der Waals surface area contributed by atoms with Crippen molar-refractivity contribution in [2.45, 2.75) is 52.4 Å². The molecule has 0 heterocycles. The Kier molecular flexibility index (Phi) is 4.91. The van der Waals surface area contributed by atoms with Crippen molar-refractivity contribution in [3.05, 3.63) is 29.3 Å². The zero-order valence-corrected chi connectivity index (χ0v) is 12.9. The molecule has 0 fully saturated rings. The van der Waals surface area contributed by atoms with E-state index in [0.717, 1.165) is 6.07 Å². The Hall–Kier alpha value is -1.72. The second-order valence-electron chi connectivity index (χ2n) is 6.13. The molecular weight excluding hydrogens is 281 g/mol. The molecule has 1 rings (SSSR count). The SMILES string of the molecule is Cc1ccc(NC(C)C(=O)NC(C)(C)C)cc1C(F)(F)F. The van der Waals surface area contributed by atoms with Crippen molar-refractivity contribution in [1.82, 2.24) is 5.32 Å². The zero-order valence-electron chi connectivity index (χ0n) is 12.9. The van der Waals surface area contributed by atoms with E-state index in [9.17, 15) is 18.0 Å². The largest absolute Gasteiger partial charge is 0.416 e. The van der Waals surface area contributed by atoms with Gasteiger partial charge in [-0.15, -0.1) is 0 Å². The summed E-state index contributed by atoms with van der Waals surface area (Å²) in [6.07, 6.45) is -4.40. The predicted molar refractivity (Wildman–Crippen MR) is 77.2 cm³/mol. The maximum Gasteiger partial charge on any atom is 0.416 e. The lowest BCUT2D eigenvalue weighted by Gasteiger charge is -2.24. The minimum atomic E-state index is -4.40. The third kappa shape index (κ3) is 5.28. The number of nitrogens with one attached hydrogen (secondary N) is 2. The van der Waals surface area contributed by atoms with Gasteiger partial charge in [0, 0.05) is 11.2 Å².